The number of rotatable bonds is 3. The van der Waals surface area contributed by atoms with E-state index < -0.39 is 0 Å². The highest BCUT2D eigenvalue weighted by molar-refractivity contribution is 5.75. The summed E-state index contributed by atoms with van der Waals surface area (Å²) in [4.78, 5) is 2.37. The minimum Gasteiger partial charge on any atom is -0.507 e. The fraction of sp³-hybridized carbons (Fsp3) is 0.458. The van der Waals surface area contributed by atoms with Crippen molar-refractivity contribution in [1.82, 2.24) is 25.3 Å². The van der Waals surface area contributed by atoms with Crippen LogP contribution in [0.1, 0.15) is 19.3 Å². The van der Waals surface area contributed by atoms with Gasteiger partial charge in [-0.05, 0) is 37.0 Å². The third-order valence-electron chi connectivity index (χ3n) is 6.79. The summed E-state index contributed by atoms with van der Waals surface area (Å²) >= 11 is 0. The third kappa shape index (κ3) is 3.91. The van der Waals surface area contributed by atoms with Crippen molar-refractivity contribution >= 4 is 5.82 Å². The highest BCUT2D eigenvalue weighted by Crippen LogP contribution is 2.38. The fourth-order valence-corrected chi connectivity index (χ4v) is 5.24. The quantitative estimate of drug-likeness (QED) is 0.630. The maximum Gasteiger partial charge on any atom is 0.194 e. The number of nitrogens with zero attached hydrogens (tertiary/aromatic N) is 5. The van der Waals surface area contributed by atoms with E-state index in [1.807, 2.05) is 31.4 Å². The van der Waals surface area contributed by atoms with Crippen LogP contribution in [0.3, 0.4) is 0 Å². The molecule has 3 aliphatic heterocycles. The van der Waals surface area contributed by atoms with Crippen LogP contribution in [0.25, 0.3) is 22.4 Å². The monoisotopic (exact) mass is 448 g/mol. The van der Waals surface area contributed by atoms with Gasteiger partial charge in [-0.25, -0.2) is 0 Å². The summed E-state index contributed by atoms with van der Waals surface area (Å²) in [6, 6.07) is 8.64. The van der Waals surface area contributed by atoms with Crippen molar-refractivity contribution in [2.75, 3.05) is 31.3 Å². The molecule has 0 spiro atoms. The van der Waals surface area contributed by atoms with Gasteiger partial charge in [-0.15, -0.1) is 10.2 Å². The first-order valence-electron chi connectivity index (χ1n) is 11.6. The Morgan fingerprint density at radius 1 is 1.09 bits per heavy atom. The third-order valence-corrected chi connectivity index (χ3v) is 6.79. The van der Waals surface area contributed by atoms with Crippen molar-refractivity contribution in [3.05, 3.63) is 36.7 Å². The average Bonchev–Trinajstić information content (AvgIpc) is 3.14. The highest BCUT2D eigenvalue weighted by atomic mass is 16.5. The number of morpholine rings is 1. The summed E-state index contributed by atoms with van der Waals surface area (Å²) in [6.45, 7) is 3.07. The Morgan fingerprint density at radius 2 is 1.94 bits per heavy atom. The second kappa shape index (κ2) is 8.31. The summed E-state index contributed by atoms with van der Waals surface area (Å²) in [5.41, 5.74) is 3.07. The Hall–Kier alpha value is -3.17. The van der Waals surface area contributed by atoms with Gasteiger partial charge in [0, 0.05) is 55.1 Å². The van der Waals surface area contributed by atoms with E-state index in [0.717, 1.165) is 61.7 Å². The Kier molecular flexibility index (Phi) is 5.15. The molecule has 2 fully saturated rings. The van der Waals surface area contributed by atoms with Gasteiger partial charge in [0.25, 0.3) is 0 Å². The summed E-state index contributed by atoms with van der Waals surface area (Å²) in [7, 11) is 1.87. The number of aromatic nitrogens is 4. The molecular weight excluding hydrogens is 420 g/mol. The van der Waals surface area contributed by atoms with Gasteiger partial charge in [0.2, 0.25) is 0 Å². The van der Waals surface area contributed by atoms with Crippen LogP contribution in [-0.4, -0.2) is 69.6 Å². The fourth-order valence-electron chi connectivity index (χ4n) is 5.24. The number of aromatic hydroxyl groups is 1. The van der Waals surface area contributed by atoms with Gasteiger partial charge < -0.3 is 24.8 Å². The maximum atomic E-state index is 10.8. The number of ether oxygens (including phenoxy) is 2. The molecule has 5 heterocycles. The van der Waals surface area contributed by atoms with E-state index in [0.29, 0.717) is 36.0 Å². The van der Waals surface area contributed by atoms with Crippen molar-refractivity contribution in [1.29, 1.82) is 0 Å². The molecule has 3 atom stereocenters. The SMILES string of the molecule is Cn1cc(-c2ccc(-c3cc4c(nn3)N([C@@H]3CC5COC[C@@H](C3)N5)CCCO4)c(O)c2)cn1. The topological polar surface area (TPSA) is 97.6 Å². The summed E-state index contributed by atoms with van der Waals surface area (Å²) in [5.74, 6) is 1.68. The van der Waals surface area contributed by atoms with Crippen LogP contribution >= 0.6 is 0 Å². The minimum atomic E-state index is 0.155. The molecule has 2 bridgehead atoms. The first-order valence-corrected chi connectivity index (χ1v) is 11.6. The molecule has 1 unspecified atom stereocenters. The lowest BCUT2D eigenvalue weighted by Gasteiger charge is -2.44. The molecule has 9 heteroatoms. The van der Waals surface area contributed by atoms with Crippen molar-refractivity contribution in [2.24, 2.45) is 7.05 Å². The molecule has 3 aromatic rings. The van der Waals surface area contributed by atoms with Crippen LogP contribution < -0.4 is 15.0 Å². The molecular formula is C24H28N6O3. The molecule has 9 nitrogen and oxygen atoms in total. The highest BCUT2D eigenvalue weighted by Gasteiger charge is 2.36. The summed E-state index contributed by atoms with van der Waals surface area (Å²) in [5, 5.41) is 27.7. The molecule has 2 aromatic heterocycles. The molecule has 2 N–H and O–H groups in total. The molecule has 0 aliphatic carbocycles. The van der Waals surface area contributed by atoms with Crippen molar-refractivity contribution < 1.29 is 14.6 Å². The van der Waals surface area contributed by atoms with Crippen LogP contribution in [0.2, 0.25) is 0 Å². The number of anilines is 1. The van der Waals surface area contributed by atoms with Gasteiger partial charge >= 0.3 is 0 Å². The Bertz CT molecular complexity index is 1150. The van der Waals surface area contributed by atoms with Gasteiger partial charge in [0.05, 0.1) is 26.0 Å². The van der Waals surface area contributed by atoms with E-state index in [1.165, 1.54) is 0 Å². The van der Waals surface area contributed by atoms with Crippen molar-refractivity contribution in [3.63, 3.8) is 0 Å². The van der Waals surface area contributed by atoms with Gasteiger partial charge in [0.1, 0.15) is 11.4 Å². The molecule has 0 amide bonds. The molecule has 0 saturated carbocycles. The Morgan fingerprint density at radius 3 is 2.70 bits per heavy atom. The molecule has 33 heavy (non-hydrogen) atoms. The van der Waals surface area contributed by atoms with Gasteiger partial charge in [-0.3, -0.25) is 4.68 Å². The lowest BCUT2D eigenvalue weighted by molar-refractivity contribution is 0.0178. The number of piperidine rings is 1. The molecule has 2 saturated heterocycles. The van der Waals surface area contributed by atoms with Crippen LogP contribution in [0.15, 0.2) is 36.7 Å². The van der Waals surface area contributed by atoms with E-state index in [4.69, 9.17) is 9.47 Å². The maximum absolute atomic E-state index is 10.8. The van der Waals surface area contributed by atoms with E-state index in [1.54, 1.807) is 16.9 Å². The summed E-state index contributed by atoms with van der Waals surface area (Å²) < 4.78 is 13.5. The second-order valence-electron chi connectivity index (χ2n) is 9.17. The lowest BCUT2D eigenvalue weighted by atomic mass is 9.91. The van der Waals surface area contributed by atoms with Crippen LogP contribution in [0.4, 0.5) is 5.82 Å². The zero-order valence-corrected chi connectivity index (χ0v) is 18.6. The van der Waals surface area contributed by atoms with E-state index in [9.17, 15) is 5.11 Å². The molecule has 6 rings (SSSR count). The molecule has 3 aliphatic rings. The zero-order valence-electron chi connectivity index (χ0n) is 18.6. The molecule has 172 valence electrons. The predicted octanol–water partition coefficient (Wildman–Crippen LogP) is 2.36. The van der Waals surface area contributed by atoms with Crippen molar-refractivity contribution in [3.8, 4) is 33.9 Å². The van der Waals surface area contributed by atoms with E-state index in [2.05, 4.69) is 25.5 Å². The molecule has 0 radical (unpaired) electrons. The zero-order chi connectivity index (χ0) is 22.4. The number of hydrogen-bond donors (Lipinski definition) is 2. The number of hydrogen-bond acceptors (Lipinski definition) is 8. The van der Waals surface area contributed by atoms with Gasteiger partial charge in [-0.1, -0.05) is 6.07 Å². The standard InChI is InChI=1S/C24H28N6O3/c1-29-12-16(11-25-29)15-3-4-20(22(31)7-15)21-10-23-24(28-27-21)30(5-2-6-33-23)19-8-17-13-32-14-18(9-19)26-17/h3-4,7,10-12,17-19,26,31H,2,5-6,8-9,13-14H2,1H3/t17-,18?,19+/m1/s1. The van der Waals surface area contributed by atoms with E-state index in [-0.39, 0.29) is 5.75 Å². The number of nitrogens with one attached hydrogen (secondary N) is 1. The average molecular weight is 449 g/mol. The first kappa shape index (κ1) is 20.4. The van der Waals surface area contributed by atoms with Gasteiger partial charge in [-0.2, -0.15) is 5.10 Å². The predicted molar refractivity (Wildman–Crippen MR) is 123 cm³/mol. The lowest BCUT2D eigenvalue weighted by Crippen LogP contribution is -2.59. The smallest absolute Gasteiger partial charge is 0.194 e. The first-order chi connectivity index (χ1) is 16.1. The number of phenols is 1. The second-order valence-corrected chi connectivity index (χ2v) is 9.17. The van der Waals surface area contributed by atoms with E-state index >= 15 is 0 Å². The molecule has 1 aromatic carbocycles. The number of fused-ring (bicyclic) bond motifs is 3. The number of benzene rings is 1. The normalized spacial score (nSPS) is 24.6. The largest absolute Gasteiger partial charge is 0.507 e. The minimum absolute atomic E-state index is 0.155. The number of aryl methyl sites for hydroxylation is 1. The Labute approximate surface area is 192 Å². The number of phenolic OH excluding ortho intramolecular Hbond substituents is 1. The van der Waals surface area contributed by atoms with Crippen LogP contribution in [-0.2, 0) is 11.8 Å². The van der Waals surface area contributed by atoms with Gasteiger partial charge in [0.15, 0.2) is 11.6 Å². The van der Waals surface area contributed by atoms with Crippen LogP contribution in [0.5, 0.6) is 11.5 Å². The van der Waals surface area contributed by atoms with Crippen molar-refractivity contribution in [2.45, 2.75) is 37.4 Å². The summed E-state index contributed by atoms with van der Waals surface area (Å²) in [6.07, 6.45) is 6.68. The van der Waals surface area contributed by atoms with Crippen LogP contribution in [0, 0.1) is 0 Å². The Balaban J connectivity index is 1.30.